The van der Waals surface area contributed by atoms with Crippen LogP contribution in [0.3, 0.4) is 0 Å². The predicted octanol–water partition coefficient (Wildman–Crippen LogP) is 1.17. The molecule has 1 aliphatic rings. The molecule has 4 heteroatoms. The largest absolute Gasteiger partial charge is 0.469 e. The number of fused-ring (bicyclic) bond motifs is 1. The second-order valence-electron chi connectivity index (χ2n) is 3.67. The van der Waals surface area contributed by atoms with E-state index in [1.165, 1.54) is 13.2 Å². The van der Waals surface area contributed by atoms with Gasteiger partial charge in [0.1, 0.15) is 5.82 Å². The number of nitrogens with two attached hydrogens (primary N) is 1. The number of hydrogen-bond donors (Lipinski definition) is 1. The molecule has 2 N–H and O–H groups in total. The zero-order chi connectivity index (χ0) is 11.0. The summed E-state index contributed by atoms with van der Waals surface area (Å²) in [5.74, 6) is -1.17. The minimum atomic E-state index is -0.589. The maximum Gasteiger partial charge on any atom is 0.310 e. The fourth-order valence-corrected chi connectivity index (χ4v) is 2.08. The minimum absolute atomic E-state index is 0.341. The smallest absolute Gasteiger partial charge is 0.310 e. The molecule has 3 nitrogen and oxygen atoms in total. The number of esters is 1. The normalized spacial score (nSPS) is 23.7. The van der Waals surface area contributed by atoms with Crippen molar-refractivity contribution in [3.8, 4) is 0 Å². The van der Waals surface area contributed by atoms with Crippen molar-refractivity contribution in [2.45, 2.75) is 12.5 Å². The lowest BCUT2D eigenvalue weighted by Gasteiger charge is -2.13. The Balaban J connectivity index is 2.37. The molecule has 1 aromatic carbocycles. The zero-order valence-corrected chi connectivity index (χ0v) is 8.37. The highest BCUT2D eigenvalue weighted by atomic mass is 19.1. The summed E-state index contributed by atoms with van der Waals surface area (Å²) in [5, 5.41) is 0. The maximum absolute atomic E-state index is 13.4. The highest BCUT2D eigenvalue weighted by molar-refractivity contribution is 5.75. The van der Waals surface area contributed by atoms with Crippen molar-refractivity contribution in [1.29, 1.82) is 0 Å². The van der Waals surface area contributed by atoms with Crippen molar-refractivity contribution in [3.05, 3.63) is 35.1 Å². The molecule has 0 saturated carbocycles. The van der Waals surface area contributed by atoms with Gasteiger partial charge < -0.3 is 10.5 Å². The van der Waals surface area contributed by atoms with Crippen LogP contribution in [0.15, 0.2) is 18.2 Å². The van der Waals surface area contributed by atoms with Gasteiger partial charge in [-0.15, -0.1) is 0 Å². The third-order valence-electron chi connectivity index (χ3n) is 2.85. The first-order valence-electron chi connectivity index (χ1n) is 4.76. The summed E-state index contributed by atoms with van der Waals surface area (Å²) >= 11 is 0. The third kappa shape index (κ3) is 1.51. The first-order chi connectivity index (χ1) is 7.15. The third-order valence-corrected chi connectivity index (χ3v) is 2.85. The van der Waals surface area contributed by atoms with E-state index in [-0.39, 0.29) is 11.8 Å². The van der Waals surface area contributed by atoms with Crippen LogP contribution in [0.1, 0.15) is 17.2 Å². The molecule has 0 heterocycles. The van der Waals surface area contributed by atoms with E-state index < -0.39 is 12.0 Å². The van der Waals surface area contributed by atoms with Gasteiger partial charge in [0.15, 0.2) is 0 Å². The van der Waals surface area contributed by atoms with E-state index in [0.717, 1.165) is 5.56 Å². The van der Waals surface area contributed by atoms with E-state index in [4.69, 9.17) is 5.73 Å². The van der Waals surface area contributed by atoms with Crippen LogP contribution in [0.25, 0.3) is 0 Å². The summed E-state index contributed by atoms with van der Waals surface area (Å²) in [6.07, 6.45) is 0.459. The van der Waals surface area contributed by atoms with Crippen LogP contribution in [-0.2, 0) is 16.0 Å². The van der Waals surface area contributed by atoms with Crippen LogP contribution in [0.5, 0.6) is 0 Å². The Labute approximate surface area is 87.0 Å². The molecule has 0 aliphatic heterocycles. The van der Waals surface area contributed by atoms with Crippen LogP contribution in [0.4, 0.5) is 4.39 Å². The Morgan fingerprint density at radius 3 is 2.93 bits per heavy atom. The van der Waals surface area contributed by atoms with Gasteiger partial charge in [-0.25, -0.2) is 4.39 Å². The highest BCUT2D eigenvalue weighted by Crippen LogP contribution is 2.36. The van der Waals surface area contributed by atoms with Gasteiger partial charge >= 0.3 is 5.97 Å². The molecule has 0 amide bonds. The zero-order valence-electron chi connectivity index (χ0n) is 8.37. The van der Waals surface area contributed by atoms with Crippen LogP contribution in [-0.4, -0.2) is 13.1 Å². The minimum Gasteiger partial charge on any atom is -0.469 e. The first-order valence-corrected chi connectivity index (χ1v) is 4.76. The summed E-state index contributed by atoms with van der Waals surface area (Å²) in [4.78, 5) is 11.4. The van der Waals surface area contributed by atoms with Gasteiger partial charge in [0.05, 0.1) is 13.0 Å². The van der Waals surface area contributed by atoms with Crippen molar-refractivity contribution in [2.24, 2.45) is 11.7 Å². The summed E-state index contributed by atoms with van der Waals surface area (Å²) in [6.45, 7) is 0. The van der Waals surface area contributed by atoms with Gasteiger partial charge in [-0.1, -0.05) is 12.1 Å². The molecule has 0 spiro atoms. The molecule has 1 aromatic rings. The van der Waals surface area contributed by atoms with Crippen molar-refractivity contribution < 1.29 is 13.9 Å². The van der Waals surface area contributed by atoms with Crippen LogP contribution >= 0.6 is 0 Å². The molecule has 2 unspecified atom stereocenters. The van der Waals surface area contributed by atoms with E-state index >= 15 is 0 Å². The molecule has 0 fully saturated rings. The van der Waals surface area contributed by atoms with Crippen LogP contribution < -0.4 is 5.73 Å². The topological polar surface area (TPSA) is 52.3 Å². The molecule has 80 valence electrons. The molecule has 0 bridgehead atoms. The molecule has 2 rings (SSSR count). The molecule has 15 heavy (non-hydrogen) atoms. The van der Waals surface area contributed by atoms with Gasteiger partial charge in [0.2, 0.25) is 0 Å². The number of ether oxygens (including phenoxy) is 1. The van der Waals surface area contributed by atoms with Gasteiger partial charge in [0, 0.05) is 11.6 Å². The highest BCUT2D eigenvalue weighted by Gasteiger charge is 2.37. The number of rotatable bonds is 1. The number of halogens is 1. The fourth-order valence-electron chi connectivity index (χ4n) is 2.08. The van der Waals surface area contributed by atoms with Gasteiger partial charge in [0.25, 0.3) is 0 Å². The Morgan fingerprint density at radius 2 is 2.33 bits per heavy atom. The quantitative estimate of drug-likeness (QED) is 0.706. The number of benzene rings is 1. The first kappa shape index (κ1) is 10.1. The van der Waals surface area contributed by atoms with E-state index in [0.29, 0.717) is 12.0 Å². The van der Waals surface area contributed by atoms with Crippen molar-refractivity contribution >= 4 is 5.97 Å². The maximum atomic E-state index is 13.4. The number of methoxy groups -OCH3 is 1. The summed E-state index contributed by atoms with van der Waals surface area (Å²) in [5.41, 5.74) is 7.08. The predicted molar refractivity (Wildman–Crippen MR) is 52.5 cm³/mol. The molecule has 2 atom stereocenters. The lowest BCUT2D eigenvalue weighted by Crippen LogP contribution is -2.26. The molecule has 0 aromatic heterocycles. The molecule has 0 saturated heterocycles. The number of carbonyl (C=O) groups is 1. The summed E-state index contributed by atoms with van der Waals surface area (Å²) in [7, 11) is 1.31. The lowest BCUT2D eigenvalue weighted by atomic mass is 10.0. The molecular formula is C11H12FNO2. The average Bonchev–Trinajstić information content (AvgIpc) is 2.56. The summed E-state index contributed by atoms with van der Waals surface area (Å²) < 4.78 is 18.1. The van der Waals surface area contributed by atoms with Crippen molar-refractivity contribution in [3.63, 3.8) is 0 Å². The fraction of sp³-hybridized carbons (Fsp3) is 0.364. The van der Waals surface area contributed by atoms with E-state index in [2.05, 4.69) is 4.74 Å². The average molecular weight is 209 g/mol. The van der Waals surface area contributed by atoms with E-state index in [1.807, 2.05) is 0 Å². The Morgan fingerprint density at radius 1 is 1.60 bits per heavy atom. The summed E-state index contributed by atoms with van der Waals surface area (Å²) in [6, 6.07) is 4.19. The second kappa shape index (κ2) is 3.62. The SMILES string of the molecule is COC(=O)C1Cc2cccc(F)c2C1N. The van der Waals surface area contributed by atoms with E-state index in [1.54, 1.807) is 12.1 Å². The molecule has 1 aliphatic carbocycles. The van der Waals surface area contributed by atoms with Gasteiger partial charge in [-0.3, -0.25) is 4.79 Å². The Bertz CT molecular complexity index is 406. The van der Waals surface area contributed by atoms with Crippen molar-refractivity contribution in [2.75, 3.05) is 7.11 Å². The lowest BCUT2D eigenvalue weighted by molar-refractivity contribution is -0.145. The Hall–Kier alpha value is -1.42. The standard InChI is InChI=1S/C11H12FNO2/c1-15-11(14)7-5-6-3-2-4-8(12)9(6)10(7)13/h2-4,7,10H,5,13H2,1H3. The van der Waals surface area contributed by atoms with Gasteiger partial charge in [-0.05, 0) is 18.1 Å². The second-order valence-corrected chi connectivity index (χ2v) is 3.67. The number of hydrogen-bond acceptors (Lipinski definition) is 3. The van der Waals surface area contributed by atoms with Crippen LogP contribution in [0, 0.1) is 11.7 Å². The monoisotopic (exact) mass is 209 g/mol. The van der Waals surface area contributed by atoms with Gasteiger partial charge in [-0.2, -0.15) is 0 Å². The molecule has 0 radical (unpaired) electrons. The van der Waals surface area contributed by atoms with E-state index in [9.17, 15) is 9.18 Å². The number of carbonyl (C=O) groups excluding carboxylic acids is 1. The molecular weight excluding hydrogens is 197 g/mol. The van der Waals surface area contributed by atoms with Crippen LogP contribution in [0.2, 0.25) is 0 Å². The van der Waals surface area contributed by atoms with Crippen molar-refractivity contribution in [1.82, 2.24) is 0 Å². The Kier molecular flexibility index (Phi) is 2.44.